The van der Waals surface area contributed by atoms with Gasteiger partial charge in [0, 0.05) is 6.16 Å². The summed E-state index contributed by atoms with van der Waals surface area (Å²) in [6.07, 6.45) is -0.337. The molecule has 0 heterocycles. The van der Waals surface area contributed by atoms with Gasteiger partial charge in [-0.1, -0.05) is 15.9 Å². The van der Waals surface area contributed by atoms with E-state index in [1.165, 1.54) is 0 Å². The summed E-state index contributed by atoms with van der Waals surface area (Å²) in [6, 6.07) is 0. The van der Waals surface area contributed by atoms with E-state index in [9.17, 15) is 9.36 Å². The Labute approximate surface area is 83.4 Å². The second-order valence-electron chi connectivity index (χ2n) is 2.66. The maximum Gasteiger partial charge on any atom is 0.334 e. The van der Waals surface area contributed by atoms with Crippen molar-refractivity contribution in [2.75, 3.05) is 6.16 Å². The maximum atomic E-state index is 10.4. The Balaban J connectivity index is 3.91. The number of rotatable bonds is 5. The summed E-state index contributed by atoms with van der Waals surface area (Å²) < 4.78 is 8.78. The number of nitrogens with two attached hydrogens (primary N) is 1. The SMILES string of the molecule is NC(Br)(CCCP(=O)(O)O)C(=O)O. The van der Waals surface area contributed by atoms with Crippen LogP contribution in [0.15, 0.2) is 0 Å². The number of carboxylic acids is 1. The zero-order chi connectivity index (χ0) is 10.7. The molecule has 0 aromatic heterocycles. The average Bonchev–Trinajstić information content (AvgIpc) is 1.82. The van der Waals surface area contributed by atoms with Crippen LogP contribution in [0.4, 0.5) is 0 Å². The molecule has 0 saturated heterocycles. The summed E-state index contributed by atoms with van der Waals surface area (Å²) in [6.45, 7) is 0. The molecule has 1 atom stereocenters. The Morgan fingerprint density at radius 1 is 1.54 bits per heavy atom. The first-order valence-electron chi connectivity index (χ1n) is 3.41. The van der Waals surface area contributed by atoms with Gasteiger partial charge in [0.15, 0.2) is 4.45 Å². The van der Waals surface area contributed by atoms with Gasteiger partial charge in [-0.3, -0.25) is 4.57 Å². The molecular weight excluding hydrogens is 265 g/mol. The molecule has 0 saturated carbocycles. The van der Waals surface area contributed by atoms with E-state index in [1.54, 1.807) is 0 Å². The van der Waals surface area contributed by atoms with Crippen LogP contribution >= 0.6 is 23.5 Å². The summed E-state index contributed by atoms with van der Waals surface area (Å²) in [7, 11) is -4.05. The predicted octanol–water partition coefficient (Wildman–Crippen LogP) is 0.0788. The number of carboxylic acid groups (broad SMARTS) is 1. The van der Waals surface area contributed by atoms with Gasteiger partial charge in [-0.15, -0.1) is 0 Å². The average molecular weight is 276 g/mol. The fourth-order valence-electron chi connectivity index (χ4n) is 0.649. The monoisotopic (exact) mass is 275 g/mol. The molecule has 6 nitrogen and oxygen atoms in total. The van der Waals surface area contributed by atoms with E-state index in [0.717, 1.165) is 0 Å². The van der Waals surface area contributed by atoms with Crippen LogP contribution < -0.4 is 5.73 Å². The second kappa shape index (κ2) is 4.52. The molecule has 0 aromatic carbocycles. The minimum Gasteiger partial charge on any atom is -0.479 e. The molecule has 0 amide bonds. The molecule has 0 bridgehead atoms. The van der Waals surface area contributed by atoms with Gasteiger partial charge in [0.05, 0.1) is 0 Å². The zero-order valence-corrected chi connectivity index (χ0v) is 9.16. The third kappa shape index (κ3) is 6.17. The van der Waals surface area contributed by atoms with Gasteiger partial charge >= 0.3 is 13.6 Å². The highest BCUT2D eigenvalue weighted by atomic mass is 79.9. The third-order valence-electron chi connectivity index (χ3n) is 1.35. The number of aliphatic carboxylic acids is 1. The van der Waals surface area contributed by atoms with Crippen LogP contribution in [0.25, 0.3) is 0 Å². The van der Waals surface area contributed by atoms with Crippen molar-refractivity contribution in [3.8, 4) is 0 Å². The van der Waals surface area contributed by atoms with E-state index in [1.807, 2.05) is 0 Å². The lowest BCUT2D eigenvalue weighted by molar-refractivity contribution is -0.139. The molecule has 0 rings (SSSR count). The highest BCUT2D eigenvalue weighted by Crippen LogP contribution is 2.36. The molecule has 5 N–H and O–H groups in total. The number of hydrogen-bond donors (Lipinski definition) is 4. The van der Waals surface area contributed by atoms with Gasteiger partial charge in [-0.05, 0) is 12.8 Å². The lowest BCUT2D eigenvalue weighted by Crippen LogP contribution is -2.41. The highest BCUT2D eigenvalue weighted by Gasteiger charge is 2.30. The standard InChI is InChI=1S/C5H11BrNO5P/c6-5(7,4(8)9)2-1-3-13(10,11)12/h1-3,7H2,(H,8,9)(H2,10,11,12). The van der Waals surface area contributed by atoms with E-state index in [4.69, 9.17) is 20.6 Å². The molecule has 0 aliphatic carbocycles. The van der Waals surface area contributed by atoms with Crippen molar-refractivity contribution >= 4 is 29.5 Å². The van der Waals surface area contributed by atoms with Gasteiger partial charge < -0.3 is 20.6 Å². The largest absolute Gasteiger partial charge is 0.479 e. The second-order valence-corrected chi connectivity index (χ2v) is 5.85. The Morgan fingerprint density at radius 2 is 2.00 bits per heavy atom. The topological polar surface area (TPSA) is 121 Å². The quantitative estimate of drug-likeness (QED) is 0.320. The first kappa shape index (κ1) is 13.1. The van der Waals surface area contributed by atoms with E-state index in [2.05, 4.69) is 15.9 Å². The van der Waals surface area contributed by atoms with E-state index < -0.39 is 18.0 Å². The maximum absolute atomic E-state index is 10.4. The molecule has 0 aliphatic rings. The van der Waals surface area contributed by atoms with Crippen molar-refractivity contribution in [1.29, 1.82) is 0 Å². The van der Waals surface area contributed by atoms with Crippen LogP contribution in [0.3, 0.4) is 0 Å². The molecule has 0 aromatic rings. The Hall–Kier alpha value is 0.0600. The zero-order valence-electron chi connectivity index (χ0n) is 6.68. The first-order valence-corrected chi connectivity index (χ1v) is 6.00. The lowest BCUT2D eigenvalue weighted by Gasteiger charge is -2.16. The van der Waals surface area contributed by atoms with Crippen LogP contribution in [0.1, 0.15) is 12.8 Å². The van der Waals surface area contributed by atoms with Gasteiger partial charge in [0.2, 0.25) is 0 Å². The number of hydrogen-bond acceptors (Lipinski definition) is 3. The Kier molecular flexibility index (Phi) is 4.54. The molecule has 0 aliphatic heterocycles. The fourth-order valence-corrected chi connectivity index (χ4v) is 1.50. The third-order valence-corrected chi connectivity index (χ3v) is 2.98. The van der Waals surface area contributed by atoms with Crippen LogP contribution in [-0.4, -0.2) is 31.5 Å². The van der Waals surface area contributed by atoms with Gasteiger partial charge in [0.25, 0.3) is 0 Å². The van der Waals surface area contributed by atoms with Crippen molar-refractivity contribution in [2.45, 2.75) is 17.3 Å². The molecular formula is C5H11BrNO5P. The van der Waals surface area contributed by atoms with Gasteiger partial charge in [-0.25, -0.2) is 4.79 Å². The van der Waals surface area contributed by atoms with Crippen molar-refractivity contribution in [2.24, 2.45) is 5.73 Å². The molecule has 0 fully saturated rings. The smallest absolute Gasteiger partial charge is 0.334 e. The van der Waals surface area contributed by atoms with Gasteiger partial charge in [-0.2, -0.15) is 0 Å². The van der Waals surface area contributed by atoms with E-state index in [-0.39, 0.29) is 19.0 Å². The van der Waals surface area contributed by atoms with Crippen molar-refractivity contribution in [1.82, 2.24) is 0 Å². The van der Waals surface area contributed by atoms with E-state index >= 15 is 0 Å². The molecule has 13 heavy (non-hydrogen) atoms. The summed E-state index contributed by atoms with van der Waals surface area (Å²) in [5.74, 6) is -1.25. The fraction of sp³-hybridized carbons (Fsp3) is 0.800. The molecule has 8 heteroatoms. The predicted molar refractivity (Wildman–Crippen MR) is 49.6 cm³/mol. The van der Waals surface area contributed by atoms with E-state index in [0.29, 0.717) is 0 Å². The lowest BCUT2D eigenvalue weighted by atomic mass is 10.2. The van der Waals surface area contributed by atoms with Crippen molar-refractivity contribution < 1.29 is 24.3 Å². The first-order chi connectivity index (χ1) is 5.65. The van der Waals surface area contributed by atoms with Crippen molar-refractivity contribution in [3.05, 3.63) is 0 Å². The molecule has 1 unspecified atom stereocenters. The van der Waals surface area contributed by atoms with Gasteiger partial charge in [0.1, 0.15) is 0 Å². The summed E-state index contributed by atoms with van der Waals surface area (Å²) in [4.78, 5) is 27.3. The normalized spacial score (nSPS) is 16.6. The number of alkyl halides is 1. The summed E-state index contributed by atoms with van der Waals surface area (Å²) in [5.41, 5.74) is 5.25. The number of halogens is 1. The summed E-state index contributed by atoms with van der Waals surface area (Å²) in [5, 5.41) is 8.50. The highest BCUT2D eigenvalue weighted by molar-refractivity contribution is 9.10. The van der Waals surface area contributed by atoms with Crippen LogP contribution in [0, 0.1) is 0 Å². The van der Waals surface area contributed by atoms with Crippen LogP contribution in [0.5, 0.6) is 0 Å². The Morgan fingerprint density at radius 3 is 2.31 bits per heavy atom. The van der Waals surface area contributed by atoms with Crippen molar-refractivity contribution in [3.63, 3.8) is 0 Å². The minimum atomic E-state index is -4.05. The minimum absolute atomic E-state index is 0.0343. The molecule has 0 spiro atoms. The van der Waals surface area contributed by atoms with Crippen LogP contribution in [-0.2, 0) is 9.36 Å². The van der Waals surface area contributed by atoms with Crippen LogP contribution in [0.2, 0.25) is 0 Å². The molecule has 78 valence electrons. The summed E-state index contributed by atoms with van der Waals surface area (Å²) >= 11 is 2.74. The Bertz CT molecular complexity index is 237. The number of carbonyl (C=O) groups is 1. The molecule has 0 radical (unpaired) electrons.